The monoisotopic (exact) mass is 746 g/mol. The number of carbonyl (C=O) groups excluding carboxylic acids is 1. The van der Waals surface area contributed by atoms with Crippen molar-refractivity contribution < 1.29 is 45.0 Å². The van der Waals surface area contributed by atoms with E-state index in [0.29, 0.717) is 22.5 Å². The lowest BCUT2D eigenvalue weighted by Crippen LogP contribution is -2.37. The molecule has 0 saturated carbocycles. The van der Waals surface area contributed by atoms with Crippen molar-refractivity contribution in [1.29, 1.82) is 0 Å². The fourth-order valence-electron chi connectivity index (χ4n) is 6.31. The first-order chi connectivity index (χ1) is 24.7. The van der Waals surface area contributed by atoms with E-state index in [-0.39, 0.29) is 33.1 Å². The van der Waals surface area contributed by atoms with Crippen LogP contribution in [-0.2, 0) is 36.7 Å². The molecule has 3 aromatic heterocycles. The van der Waals surface area contributed by atoms with Crippen molar-refractivity contribution in [2.45, 2.75) is 69.6 Å². The quantitative estimate of drug-likeness (QED) is 0.127. The highest BCUT2D eigenvalue weighted by molar-refractivity contribution is 6.00. The number of rotatable bonds is 8. The third-order valence-corrected chi connectivity index (χ3v) is 8.45. The highest BCUT2D eigenvalue weighted by Gasteiger charge is 2.55. The molecule has 18 heteroatoms. The molecule has 0 fully saturated rings. The van der Waals surface area contributed by atoms with Crippen LogP contribution in [0.25, 0.3) is 22.0 Å². The Morgan fingerprint density at radius 1 is 1.04 bits per heavy atom. The van der Waals surface area contributed by atoms with E-state index < -0.39 is 90.2 Å². The summed E-state index contributed by atoms with van der Waals surface area (Å²) in [6.45, 7) is 1.57. The molecular formula is C35H30F8N8O2. The molecule has 278 valence electrons. The van der Waals surface area contributed by atoms with Crippen molar-refractivity contribution in [1.82, 2.24) is 34.8 Å². The Bertz CT molecular complexity index is 2280. The number of aromatic nitrogens is 6. The van der Waals surface area contributed by atoms with Gasteiger partial charge < -0.3 is 16.2 Å². The SMILES string of the molecule is Cn1nc(N)c2cccc(-c3cnc(C#CC(C)(C)O)nc3[C@H](Cc3cc(F)cc(F)c3)NC(=O)Cn3nc(C(F)F)c4c3C(F)(F)CCC4(F)F)c21. The highest BCUT2D eigenvalue weighted by Crippen LogP contribution is 2.52. The number of amides is 1. The number of nitrogens with zero attached hydrogens (tertiary/aromatic N) is 6. The molecule has 53 heavy (non-hydrogen) atoms. The molecule has 10 nitrogen and oxygen atoms in total. The summed E-state index contributed by atoms with van der Waals surface area (Å²) >= 11 is 0. The van der Waals surface area contributed by atoms with Crippen molar-refractivity contribution >= 4 is 22.6 Å². The normalized spacial score (nSPS) is 15.6. The Labute approximate surface area is 296 Å². The number of aliphatic hydroxyl groups is 1. The molecule has 2 aromatic carbocycles. The standard InChI is InChI=1S/C35H30F8N8O2/c1-33(2,53)8-7-24-45-15-22(20-5-4-6-21-29(20)50(3)49-32(21)44)27(47-24)23(13-17-11-18(36)14-19(37)12-17)46-25(52)16-51-30-26(28(48-51)31(38)39)34(40,41)9-10-35(30,42)43/h4-6,11-12,14-15,23,31,53H,9-10,13,16H2,1-3H3,(H2,44,49)(H,46,52)/t23-/m0/s1. The van der Waals surface area contributed by atoms with E-state index in [1.807, 2.05) is 0 Å². The van der Waals surface area contributed by atoms with Crippen LogP contribution in [0.4, 0.5) is 40.9 Å². The first-order valence-corrected chi connectivity index (χ1v) is 16.0. The van der Waals surface area contributed by atoms with Crippen LogP contribution in [0.1, 0.15) is 73.2 Å². The second-order valence-corrected chi connectivity index (χ2v) is 13.1. The average Bonchev–Trinajstić information content (AvgIpc) is 3.59. The van der Waals surface area contributed by atoms with Gasteiger partial charge in [-0.05, 0) is 50.0 Å². The molecule has 1 aliphatic carbocycles. The Kier molecular flexibility index (Phi) is 9.43. The molecule has 1 atom stereocenters. The molecule has 1 aliphatic rings. The van der Waals surface area contributed by atoms with Crippen molar-refractivity contribution in [2.75, 3.05) is 5.73 Å². The van der Waals surface area contributed by atoms with Gasteiger partial charge in [0.2, 0.25) is 11.7 Å². The minimum absolute atomic E-state index is 0.00731. The molecule has 0 bridgehead atoms. The lowest BCUT2D eigenvalue weighted by Gasteiger charge is -2.29. The van der Waals surface area contributed by atoms with Gasteiger partial charge in [0.25, 0.3) is 18.3 Å². The van der Waals surface area contributed by atoms with Crippen molar-refractivity contribution in [3.8, 4) is 23.0 Å². The van der Waals surface area contributed by atoms with Gasteiger partial charge in [0.05, 0.1) is 22.8 Å². The number of para-hydroxylation sites is 1. The molecular weight excluding hydrogens is 716 g/mol. The molecule has 1 amide bonds. The van der Waals surface area contributed by atoms with Crippen LogP contribution in [0.15, 0.2) is 42.6 Å². The summed E-state index contributed by atoms with van der Waals surface area (Å²) in [5.41, 5.74) is 0.962. The summed E-state index contributed by atoms with van der Waals surface area (Å²) in [5, 5.41) is 20.9. The van der Waals surface area contributed by atoms with Gasteiger partial charge in [0.15, 0.2) is 5.82 Å². The predicted octanol–water partition coefficient (Wildman–Crippen LogP) is 6.22. The summed E-state index contributed by atoms with van der Waals surface area (Å²) < 4.78 is 118. The molecule has 6 rings (SSSR count). The zero-order valence-electron chi connectivity index (χ0n) is 28.2. The van der Waals surface area contributed by atoms with E-state index in [4.69, 9.17) is 5.73 Å². The Morgan fingerprint density at radius 2 is 1.72 bits per heavy atom. The number of alkyl halides is 6. The third-order valence-electron chi connectivity index (χ3n) is 8.45. The molecule has 0 unspecified atom stereocenters. The van der Waals surface area contributed by atoms with Gasteiger partial charge in [-0.3, -0.25) is 14.2 Å². The van der Waals surface area contributed by atoms with E-state index in [1.54, 1.807) is 25.2 Å². The minimum Gasteiger partial charge on any atom is -0.382 e. The Morgan fingerprint density at radius 3 is 2.38 bits per heavy atom. The van der Waals surface area contributed by atoms with E-state index in [1.165, 1.54) is 24.7 Å². The molecule has 4 N–H and O–H groups in total. The van der Waals surface area contributed by atoms with Crippen LogP contribution in [0, 0.1) is 23.5 Å². The number of hydrogen-bond donors (Lipinski definition) is 3. The zero-order valence-corrected chi connectivity index (χ0v) is 28.2. The average molecular weight is 747 g/mol. The van der Waals surface area contributed by atoms with Crippen molar-refractivity contribution in [2.24, 2.45) is 7.05 Å². The topological polar surface area (TPSA) is 137 Å². The van der Waals surface area contributed by atoms with Crippen LogP contribution < -0.4 is 11.1 Å². The van der Waals surface area contributed by atoms with Gasteiger partial charge in [-0.1, -0.05) is 18.1 Å². The molecule has 3 heterocycles. The number of aryl methyl sites for hydroxylation is 1. The Hall–Kier alpha value is -5.57. The predicted molar refractivity (Wildman–Crippen MR) is 174 cm³/mol. The lowest BCUT2D eigenvalue weighted by molar-refractivity contribution is -0.123. The van der Waals surface area contributed by atoms with Crippen LogP contribution >= 0.6 is 0 Å². The summed E-state index contributed by atoms with van der Waals surface area (Å²) in [6, 6.07) is 6.16. The highest BCUT2D eigenvalue weighted by atomic mass is 19.3. The Balaban J connectivity index is 1.51. The number of benzene rings is 2. The summed E-state index contributed by atoms with van der Waals surface area (Å²) in [6.07, 6.45) is -5.54. The fraction of sp³-hybridized carbons (Fsp3) is 0.343. The second kappa shape index (κ2) is 13.4. The molecule has 0 saturated heterocycles. The number of nitrogen functional groups attached to an aromatic ring is 1. The maximum absolute atomic E-state index is 15.1. The van der Waals surface area contributed by atoms with Crippen molar-refractivity contribution in [3.05, 3.63) is 88.3 Å². The van der Waals surface area contributed by atoms with Gasteiger partial charge in [-0.15, -0.1) is 0 Å². The summed E-state index contributed by atoms with van der Waals surface area (Å²) in [4.78, 5) is 22.6. The van der Waals surface area contributed by atoms with Crippen molar-refractivity contribution in [3.63, 3.8) is 0 Å². The number of halogens is 8. The van der Waals surface area contributed by atoms with Gasteiger partial charge in [0.1, 0.15) is 35.2 Å². The fourth-order valence-corrected chi connectivity index (χ4v) is 6.31. The van der Waals surface area contributed by atoms with Crippen LogP contribution in [-0.4, -0.2) is 46.1 Å². The van der Waals surface area contributed by atoms with E-state index in [9.17, 15) is 36.2 Å². The van der Waals surface area contributed by atoms with Gasteiger partial charge in [0, 0.05) is 48.7 Å². The number of nitrogens with two attached hydrogens (primary N) is 1. The summed E-state index contributed by atoms with van der Waals surface area (Å²) in [5.74, 6) is -6.05. The zero-order chi connectivity index (χ0) is 38.6. The number of fused-ring (bicyclic) bond motifs is 2. The first-order valence-electron chi connectivity index (χ1n) is 16.0. The summed E-state index contributed by atoms with van der Waals surface area (Å²) in [7, 11) is 1.61. The van der Waals surface area contributed by atoms with Gasteiger partial charge >= 0.3 is 0 Å². The molecule has 0 spiro atoms. The first kappa shape index (κ1) is 37.2. The largest absolute Gasteiger partial charge is 0.382 e. The van der Waals surface area contributed by atoms with E-state index in [2.05, 4.69) is 37.3 Å². The number of carbonyl (C=O) groups is 1. The van der Waals surface area contributed by atoms with Gasteiger partial charge in [-0.2, -0.15) is 19.0 Å². The lowest BCUT2D eigenvalue weighted by atomic mass is 9.89. The van der Waals surface area contributed by atoms with Crippen LogP contribution in [0.3, 0.4) is 0 Å². The number of anilines is 1. The third kappa shape index (κ3) is 7.52. The van der Waals surface area contributed by atoms with Crippen LogP contribution in [0.2, 0.25) is 0 Å². The smallest absolute Gasteiger partial charge is 0.290 e. The second-order valence-electron chi connectivity index (χ2n) is 13.1. The number of nitrogens with one attached hydrogen (secondary N) is 1. The molecule has 0 aliphatic heterocycles. The van der Waals surface area contributed by atoms with Gasteiger partial charge in [-0.25, -0.2) is 36.3 Å². The van der Waals surface area contributed by atoms with E-state index in [0.717, 1.165) is 12.1 Å². The maximum atomic E-state index is 15.1. The molecule has 5 aromatic rings. The van der Waals surface area contributed by atoms with Crippen LogP contribution in [0.5, 0.6) is 0 Å². The minimum atomic E-state index is -4.08. The molecule has 0 radical (unpaired) electrons. The van der Waals surface area contributed by atoms with E-state index >= 15 is 8.78 Å². The maximum Gasteiger partial charge on any atom is 0.290 e. The number of hydrogen-bond acceptors (Lipinski definition) is 7.